The minimum absolute atomic E-state index is 0.0391. The van der Waals surface area contributed by atoms with Crippen LogP contribution >= 0.6 is 0 Å². The molecule has 2 aromatic rings. The summed E-state index contributed by atoms with van der Waals surface area (Å²) in [6, 6.07) is 6.43. The molecule has 0 bridgehead atoms. The van der Waals surface area contributed by atoms with Crippen LogP contribution in [0.15, 0.2) is 53.1 Å². The van der Waals surface area contributed by atoms with Gasteiger partial charge in [0.2, 0.25) is 10.0 Å². The number of hydrogen-bond donors (Lipinski definition) is 1. The number of rotatable bonds is 5. The van der Waals surface area contributed by atoms with E-state index in [1.54, 1.807) is 43.8 Å². The zero-order valence-electron chi connectivity index (χ0n) is 16.9. The molecule has 0 saturated carbocycles. The van der Waals surface area contributed by atoms with Crippen LogP contribution in [0.25, 0.3) is 5.70 Å². The summed E-state index contributed by atoms with van der Waals surface area (Å²) in [5.41, 5.74) is 1.31. The Kier molecular flexibility index (Phi) is 5.54. The number of ether oxygens (including phenoxy) is 1. The van der Waals surface area contributed by atoms with Crippen molar-refractivity contribution in [3.8, 4) is 5.75 Å². The van der Waals surface area contributed by atoms with E-state index < -0.39 is 10.0 Å². The Morgan fingerprint density at radius 3 is 2.43 bits per heavy atom. The van der Waals surface area contributed by atoms with Gasteiger partial charge in [-0.1, -0.05) is 6.58 Å². The third-order valence-electron chi connectivity index (χ3n) is 5.38. The van der Waals surface area contributed by atoms with Gasteiger partial charge in [0.15, 0.2) is 5.82 Å². The van der Waals surface area contributed by atoms with Crippen molar-refractivity contribution in [3.63, 3.8) is 0 Å². The van der Waals surface area contributed by atoms with E-state index in [0.29, 0.717) is 49.1 Å². The van der Waals surface area contributed by atoms with Crippen LogP contribution < -0.4 is 10.1 Å². The normalized spacial score (nSPS) is 18.9. The summed E-state index contributed by atoms with van der Waals surface area (Å²) in [5.74, 6) is 1.91. The number of aliphatic imine (C=N–C) groups is 1. The number of sulfonamides is 1. The van der Waals surface area contributed by atoms with E-state index in [1.807, 2.05) is 6.92 Å². The molecule has 4 rings (SSSR count). The number of amidine groups is 1. The van der Waals surface area contributed by atoms with Crippen LogP contribution in [0.4, 0.5) is 5.82 Å². The Morgan fingerprint density at radius 1 is 1.10 bits per heavy atom. The lowest BCUT2D eigenvalue weighted by Gasteiger charge is -2.38. The number of nitrogens with zero attached hydrogens (tertiary/aromatic N) is 5. The predicted molar refractivity (Wildman–Crippen MR) is 114 cm³/mol. The number of aromatic nitrogens is 2. The second kappa shape index (κ2) is 8.13. The molecule has 9 nitrogen and oxygen atoms in total. The summed E-state index contributed by atoms with van der Waals surface area (Å²) in [7, 11) is -1.99. The first-order valence-electron chi connectivity index (χ1n) is 9.64. The highest BCUT2D eigenvalue weighted by Crippen LogP contribution is 2.25. The monoisotopic (exact) mass is 428 g/mol. The van der Waals surface area contributed by atoms with Gasteiger partial charge in [0.25, 0.3) is 0 Å². The van der Waals surface area contributed by atoms with Crippen molar-refractivity contribution in [2.24, 2.45) is 4.99 Å². The lowest BCUT2D eigenvalue weighted by atomic mass is 10.1. The van der Waals surface area contributed by atoms with Gasteiger partial charge in [-0.25, -0.2) is 23.4 Å². The Hall–Kier alpha value is -2.82. The molecule has 1 fully saturated rings. The largest absolute Gasteiger partial charge is 0.497 e. The fraction of sp³-hybridized carbons (Fsp3) is 0.350. The Bertz CT molecular complexity index is 1080. The molecule has 0 spiro atoms. The van der Waals surface area contributed by atoms with Gasteiger partial charge in [-0.3, -0.25) is 4.90 Å². The number of piperazine rings is 1. The number of fused-ring (bicyclic) bond motifs is 1. The van der Waals surface area contributed by atoms with Crippen LogP contribution in [0.5, 0.6) is 5.75 Å². The van der Waals surface area contributed by atoms with Crippen molar-refractivity contribution in [1.82, 2.24) is 24.5 Å². The molecule has 1 N–H and O–H groups in total. The van der Waals surface area contributed by atoms with Crippen LogP contribution in [-0.4, -0.2) is 72.8 Å². The predicted octanol–water partition coefficient (Wildman–Crippen LogP) is 1.48. The van der Waals surface area contributed by atoms with E-state index in [4.69, 9.17) is 4.74 Å². The molecule has 1 aromatic heterocycles. The molecule has 158 valence electrons. The quantitative estimate of drug-likeness (QED) is 0.770. The highest BCUT2D eigenvalue weighted by atomic mass is 32.2. The highest BCUT2D eigenvalue weighted by molar-refractivity contribution is 7.89. The van der Waals surface area contributed by atoms with E-state index in [2.05, 4.69) is 31.8 Å². The Balaban J connectivity index is 1.44. The van der Waals surface area contributed by atoms with Gasteiger partial charge in [0.1, 0.15) is 17.3 Å². The molecule has 30 heavy (non-hydrogen) atoms. The minimum Gasteiger partial charge on any atom is -0.497 e. The third kappa shape index (κ3) is 3.81. The van der Waals surface area contributed by atoms with E-state index >= 15 is 0 Å². The molecule has 0 aliphatic carbocycles. The molecule has 1 unspecified atom stereocenters. The summed E-state index contributed by atoms with van der Waals surface area (Å²) < 4.78 is 32.5. The molecule has 1 saturated heterocycles. The van der Waals surface area contributed by atoms with E-state index in [9.17, 15) is 8.42 Å². The Labute approximate surface area is 176 Å². The number of nitrogens with one attached hydrogen (secondary N) is 1. The van der Waals surface area contributed by atoms with Gasteiger partial charge >= 0.3 is 0 Å². The molecule has 10 heteroatoms. The van der Waals surface area contributed by atoms with Gasteiger partial charge in [-0.2, -0.15) is 4.31 Å². The summed E-state index contributed by atoms with van der Waals surface area (Å²) in [6.07, 6.45) is 3.21. The first kappa shape index (κ1) is 20.5. The smallest absolute Gasteiger partial charge is 0.243 e. The van der Waals surface area contributed by atoms with E-state index in [-0.39, 0.29) is 10.9 Å². The van der Waals surface area contributed by atoms with Crippen molar-refractivity contribution >= 4 is 27.4 Å². The maximum Gasteiger partial charge on any atom is 0.243 e. The van der Waals surface area contributed by atoms with Crippen molar-refractivity contribution in [2.75, 3.05) is 33.3 Å². The SMILES string of the molecule is C=C1NC(C(C)N2CCN(S(=O)(=O)c3ccc(OC)cc3)CC2)=Nc2nccnc21. The van der Waals surface area contributed by atoms with Crippen LogP contribution in [0, 0.1) is 0 Å². The zero-order chi connectivity index (χ0) is 21.3. The van der Waals surface area contributed by atoms with E-state index in [1.165, 1.54) is 4.31 Å². The molecule has 2 aliphatic heterocycles. The van der Waals surface area contributed by atoms with Gasteiger partial charge in [-0.05, 0) is 31.2 Å². The zero-order valence-corrected chi connectivity index (χ0v) is 17.8. The van der Waals surface area contributed by atoms with Crippen LogP contribution in [0.3, 0.4) is 0 Å². The summed E-state index contributed by atoms with van der Waals surface area (Å²) >= 11 is 0. The third-order valence-corrected chi connectivity index (χ3v) is 7.30. The lowest BCUT2D eigenvalue weighted by Crippen LogP contribution is -2.55. The van der Waals surface area contributed by atoms with Gasteiger partial charge in [0.05, 0.1) is 23.7 Å². The van der Waals surface area contributed by atoms with Crippen molar-refractivity contribution < 1.29 is 13.2 Å². The maximum absolute atomic E-state index is 12.9. The summed E-state index contributed by atoms with van der Waals surface area (Å²) in [6.45, 7) is 8.05. The number of methoxy groups -OCH3 is 1. The molecule has 3 heterocycles. The van der Waals surface area contributed by atoms with Crippen LogP contribution in [0.2, 0.25) is 0 Å². The van der Waals surface area contributed by atoms with E-state index in [0.717, 1.165) is 5.84 Å². The minimum atomic E-state index is -3.54. The first-order valence-corrected chi connectivity index (χ1v) is 11.1. The van der Waals surface area contributed by atoms with Crippen LogP contribution in [-0.2, 0) is 10.0 Å². The number of benzene rings is 1. The van der Waals surface area contributed by atoms with Gasteiger partial charge < -0.3 is 10.1 Å². The molecule has 0 amide bonds. The summed E-state index contributed by atoms with van der Waals surface area (Å²) in [4.78, 5) is 15.6. The topological polar surface area (TPSA) is 100 Å². The van der Waals surface area contributed by atoms with Gasteiger partial charge in [0, 0.05) is 38.6 Å². The van der Waals surface area contributed by atoms with Crippen molar-refractivity contribution in [3.05, 3.63) is 48.9 Å². The fourth-order valence-corrected chi connectivity index (χ4v) is 5.00. The first-order chi connectivity index (χ1) is 14.4. The molecule has 1 aromatic carbocycles. The Morgan fingerprint density at radius 2 is 1.77 bits per heavy atom. The van der Waals surface area contributed by atoms with Gasteiger partial charge in [-0.15, -0.1) is 0 Å². The average molecular weight is 429 g/mol. The lowest BCUT2D eigenvalue weighted by molar-refractivity contribution is 0.173. The molecular formula is C20H24N6O3S. The molecule has 1 atom stereocenters. The van der Waals surface area contributed by atoms with Crippen molar-refractivity contribution in [1.29, 1.82) is 0 Å². The molecular weight excluding hydrogens is 404 g/mol. The second-order valence-electron chi connectivity index (χ2n) is 7.12. The average Bonchev–Trinajstić information content (AvgIpc) is 2.78. The highest BCUT2D eigenvalue weighted by Gasteiger charge is 2.32. The maximum atomic E-state index is 12.9. The van der Waals surface area contributed by atoms with Crippen molar-refractivity contribution in [2.45, 2.75) is 17.9 Å². The standard InChI is InChI=1S/C20H24N6O3S/c1-14-18-20(22-9-8-21-18)24-19(23-14)15(2)25-10-12-26(13-11-25)30(27,28)17-6-4-16(29-3)5-7-17/h4-9,15H,1,10-13H2,2-3H3,(H,22,23,24). The summed E-state index contributed by atoms with van der Waals surface area (Å²) in [5, 5.41) is 3.22. The second-order valence-corrected chi connectivity index (χ2v) is 9.06. The molecule has 2 aliphatic rings. The van der Waals surface area contributed by atoms with Crippen LogP contribution in [0.1, 0.15) is 12.6 Å². The number of hydrogen-bond acceptors (Lipinski definition) is 8. The molecule has 0 radical (unpaired) electrons. The fourth-order valence-electron chi connectivity index (χ4n) is 3.58.